The number of carboxylic acid groups (broad SMARTS) is 1. The fourth-order valence-electron chi connectivity index (χ4n) is 1.56. The number of non-ortho nitro benzene ring substituents is 1. The molecule has 0 aromatic heterocycles. The molecule has 2 aromatic rings. The van der Waals surface area contributed by atoms with Crippen molar-refractivity contribution >= 4 is 23.7 Å². The van der Waals surface area contributed by atoms with Gasteiger partial charge in [-0.25, -0.2) is 0 Å². The SMILES string of the molecule is O=C(c1ccccc1)c1ccc([N+](=O)[O-])cc1.O=CCC(=O)O. The first kappa shape index (κ1) is 17.7. The highest BCUT2D eigenvalue weighted by Gasteiger charge is 2.10. The third kappa shape index (κ3) is 5.88. The van der Waals surface area contributed by atoms with Crippen molar-refractivity contribution in [2.75, 3.05) is 0 Å². The van der Waals surface area contributed by atoms with E-state index in [1.54, 1.807) is 24.3 Å². The van der Waals surface area contributed by atoms with Crippen LogP contribution in [0.5, 0.6) is 0 Å². The van der Waals surface area contributed by atoms with E-state index in [9.17, 15) is 24.5 Å². The van der Waals surface area contributed by atoms with Gasteiger partial charge in [0, 0.05) is 23.3 Å². The molecule has 0 saturated carbocycles. The van der Waals surface area contributed by atoms with Gasteiger partial charge >= 0.3 is 5.97 Å². The highest BCUT2D eigenvalue weighted by Crippen LogP contribution is 2.15. The number of carbonyl (C=O) groups is 3. The maximum absolute atomic E-state index is 12.0. The Morgan fingerprint density at radius 1 is 1.00 bits per heavy atom. The molecular weight excluding hydrogens is 302 g/mol. The van der Waals surface area contributed by atoms with Gasteiger partial charge in [-0.3, -0.25) is 19.7 Å². The number of carbonyl (C=O) groups excluding carboxylic acids is 2. The summed E-state index contributed by atoms with van der Waals surface area (Å²) in [4.78, 5) is 40.5. The normalized spacial score (nSPS) is 9.22. The minimum atomic E-state index is -1.08. The Balaban J connectivity index is 0.000000379. The standard InChI is InChI=1S/C13H9NO3.C3H4O3/c15-13(10-4-2-1-3-5-10)11-6-8-12(9-7-11)14(16)17;4-2-1-3(5)6/h1-9H;2H,1H2,(H,5,6). The van der Waals surface area contributed by atoms with Gasteiger partial charge < -0.3 is 9.90 Å². The van der Waals surface area contributed by atoms with Crippen LogP contribution in [0.4, 0.5) is 5.69 Å². The van der Waals surface area contributed by atoms with Crippen LogP contribution in [0.15, 0.2) is 54.6 Å². The molecule has 0 spiro atoms. The molecule has 2 aromatic carbocycles. The Bertz CT molecular complexity index is 694. The second-order valence-corrected chi connectivity index (χ2v) is 4.26. The summed E-state index contributed by atoms with van der Waals surface area (Å²) in [5.74, 6) is -1.22. The molecule has 23 heavy (non-hydrogen) atoms. The van der Waals surface area contributed by atoms with Gasteiger partial charge in [-0.1, -0.05) is 30.3 Å². The van der Waals surface area contributed by atoms with E-state index < -0.39 is 10.9 Å². The van der Waals surface area contributed by atoms with Crippen LogP contribution in [0.25, 0.3) is 0 Å². The number of hydrogen-bond acceptors (Lipinski definition) is 5. The average Bonchev–Trinajstić information content (AvgIpc) is 2.55. The summed E-state index contributed by atoms with van der Waals surface area (Å²) in [7, 11) is 0. The smallest absolute Gasteiger partial charge is 0.310 e. The van der Waals surface area contributed by atoms with Gasteiger partial charge in [0.05, 0.1) is 4.92 Å². The number of nitrogens with zero attached hydrogens (tertiary/aromatic N) is 1. The Morgan fingerprint density at radius 2 is 1.52 bits per heavy atom. The number of aliphatic carboxylic acids is 1. The number of carboxylic acids is 1. The van der Waals surface area contributed by atoms with Gasteiger partial charge in [0.1, 0.15) is 12.7 Å². The largest absolute Gasteiger partial charge is 0.481 e. The zero-order valence-corrected chi connectivity index (χ0v) is 11.9. The molecule has 0 amide bonds. The molecule has 0 aliphatic heterocycles. The summed E-state index contributed by atoms with van der Waals surface area (Å²) in [5, 5.41) is 18.2. The van der Waals surface area contributed by atoms with Crippen molar-refractivity contribution in [2.24, 2.45) is 0 Å². The Kier molecular flexibility index (Phi) is 6.80. The molecule has 7 nitrogen and oxygen atoms in total. The molecule has 0 fully saturated rings. The average molecular weight is 315 g/mol. The van der Waals surface area contributed by atoms with Crippen LogP contribution in [0.3, 0.4) is 0 Å². The van der Waals surface area contributed by atoms with Crippen LogP contribution in [-0.2, 0) is 9.59 Å². The lowest BCUT2D eigenvalue weighted by Crippen LogP contribution is -2.00. The van der Waals surface area contributed by atoms with E-state index in [1.165, 1.54) is 24.3 Å². The zero-order chi connectivity index (χ0) is 17.2. The van der Waals surface area contributed by atoms with Crippen LogP contribution >= 0.6 is 0 Å². The molecule has 0 bridgehead atoms. The Hall–Kier alpha value is -3.35. The molecule has 0 saturated heterocycles. The van der Waals surface area contributed by atoms with E-state index in [1.807, 2.05) is 6.07 Å². The van der Waals surface area contributed by atoms with E-state index in [0.717, 1.165) is 0 Å². The van der Waals surface area contributed by atoms with Crippen LogP contribution in [0, 0.1) is 10.1 Å². The number of aldehydes is 1. The maximum atomic E-state index is 12.0. The topological polar surface area (TPSA) is 115 Å². The molecule has 0 heterocycles. The van der Waals surface area contributed by atoms with Crippen molar-refractivity contribution < 1.29 is 24.4 Å². The van der Waals surface area contributed by atoms with Crippen molar-refractivity contribution in [1.82, 2.24) is 0 Å². The van der Waals surface area contributed by atoms with Crippen LogP contribution < -0.4 is 0 Å². The predicted molar refractivity (Wildman–Crippen MR) is 81.3 cm³/mol. The van der Waals surface area contributed by atoms with Crippen molar-refractivity contribution in [3.63, 3.8) is 0 Å². The lowest BCUT2D eigenvalue weighted by molar-refractivity contribution is -0.384. The van der Waals surface area contributed by atoms with Gasteiger partial charge in [0.15, 0.2) is 5.78 Å². The number of rotatable bonds is 5. The number of ketones is 1. The van der Waals surface area contributed by atoms with E-state index in [2.05, 4.69) is 0 Å². The van der Waals surface area contributed by atoms with E-state index in [0.29, 0.717) is 17.4 Å². The van der Waals surface area contributed by atoms with Crippen molar-refractivity contribution in [3.8, 4) is 0 Å². The molecular formula is C16H13NO6. The molecule has 1 N–H and O–H groups in total. The summed E-state index contributed by atoms with van der Waals surface area (Å²) in [5.41, 5.74) is 0.998. The molecule has 0 atom stereocenters. The van der Waals surface area contributed by atoms with Gasteiger partial charge in [-0.15, -0.1) is 0 Å². The van der Waals surface area contributed by atoms with Gasteiger partial charge in [0.2, 0.25) is 0 Å². The lowest BCUT2D eigenvalue weighted by Gasteiger charge is -2.00. The van der Waals surface area contributed by atoms with Gasteiger partial charge in [0.25, 0.3) is 5.69 Å². The number of nitro benzene ring substituents is 1. The van der Waals surface area contributed by atoms with Crippen LogP contribution in [0.2, 0.25) is 0 Å². The Labute approximate surface area is 131 Å². The summed E-state index contributed by atoms with van der Waals surface area (Å²) < 4.78 is 0. The van der Waals surface area contributed by atoms with Crippen molar-refractivity contribution in [2.45, 2.75) is 6.42 Å². The first-order chi connectivity index (χ1) is 11.0. The van der Waals surface area contributed by atoms with E-state index in [4.69, 9.17) is 5.11 Å². The molecule has 0 unspecified atom stereocenters. The lowest BCUT2D eigenvalue weighted by atomic mass is 10.0. The van der Waals surface area contributed by atoms with Gasteiger partial charge in [-0.2, -0.15) is 0 Å². The molecule has 0 aliphatic carbocycles. The number of hydrogen-bond donors (Lipinski definition) is 1. The monoisotopic (exact) mass is 315 g/mol. The molecule has 0 radical (unpaired) electrons. The zero-order valence-electron chi connectivity index (χ0n) is 11.9. The predicted octanol–water partition coefficient (Wildman–Crippen LogP) is 2.49. The highest BCUT2D eigenvalue weighted by molar-refractivity contribution is 6.09. The molecule has 2 rings (SSSR count). The molecule has 0 aliphatic rings. The van der Waals surface area contributed by atoms with Gasteiger partial charge in [-0.05, 0) is 12.1 Å². The fraction of sp³-hybridized carbons (Fsp3) is 0.0625. The second-order valence-electron chi connectivity index (χ2n) is 4.26. The maximum Gasteiger partial charge on any atom is 0.310 e. The summed E-state index contributed by atoms with van der Waals surface area (Å²) in [6.07, 6.45) is -0.0394. The third-order valence-corrected chi connectivity index (χ3v) is 2.63. The summed E-state index contributed by atoms with van der Waals surface area (Å²) in [6, 6.07) is 14.4. The number of nitro groups is 1. The van der Waals surface area contributed by atoms with E-state index in [-0.39, 0.29) is 17.9 Å². The van der Waals surface area contributed by atoms with Crippen molar-refractivity contribution in [1.29, 1.82) is 0 Å². The fourth-order valence-corrected chi connectivity index (χ4v) is 1.56. The molecule has 7 heteroatoms. The van der Waals surface area contributed by atoms with E-state index >= 15 is 0 Å². The minimum Gasteiger partial charge on any atom is -0.481 e. The Morgan fingerprint density at radius 3 is 1.91 bits per heavy atom. The first-order valence-electron chi connectivity index (χ1n) is 6.45. The third-order valence-electron chi connectivity index (χ3n) is 2.63. The van der Waals surface area contributed by atoms with Crippen LogP contribution in [-0.4, -0.2) is 28.1 Å². The number of benzene rings is 2. The molecule has 118 valence electrons. The first-order valence-corrected chi connectivity index (χ1v) is 6.45. The summed E-state index contributed by atoms with van der Waals surface area (Å²) >= 11 is 0. The highest BCUT2D eigenvalue weighted by atomic mass is 16.6. The second kappa shape index (κ2) is 8.83. The quantitative estimate of drug-likeness (QED) is 0.298. The van der Waals surface area contributed by atoms with Crippen LogP contribution in [0.1, 0.15) is 22.3 Å². The minimum absolute atomic E-state index is 0.0189. The summed E-state index contributed by atoms with van der Waals surface area (Å²) in [6.45, 7) is 0. The van der Waals surface area contributed by atoms with Crippen molar-refractivity contribution in [3.05, 3.63) is 75.8 Å².